The molecule has 0 heterocycles. The lowest BCUT2D eigenvalue weighted by Crippen LogP contribution is -2.48. The lowest BCUT2D eigenvalue weighted by atomic mass is 10.4. The topological polar surface area (TPSA) is 18.5 Å². The third-order valence-corrected chi connectivity index (χ3v) is 20.0. The molecule has 6 heteroatoms. The molecule has 0 saturated heterocycles. The summed E-state index contributed by atoms with van der Waals surface area (Å²) in [7, 11) is -5.56. The molecule has 0 aromatic heterocycles. The molecule has 0 aromatic rings. The Balaban J connectivity index is 4.40. The van der Waals surface area contributed by atoms with Gasteiger partial charge in [-0.3, -0.25) is 0 Å². The lowest BCUT2D eigenvalue weighted by molar-refractivity contribution is 0.305. The van der Waals surface area contributed by atoms with Crippen molar-refractivity contribution in [2.45, 2.75) is 90.7 Å². The van der Waals surface area contributed by atoms with E-state index in [0.29, 0.717) is 0 Å². The van der Waals surface area contributed by atoms with Gasteiger partial charge in [-0.2, -0.15) is 0 Å². The van der Waals surface area contributed by atoms with Gasteiger partial charge in [-0.1, -0.05) is 43.7 Å². The van der Waals surface area contributed by atoms with E-state index in [-0.39, 0.29) is 0 Å². The summed E-state index contributed by atoms with van der Waals surface area (Å²) in [6, 6.07) is 2.58. The molecule has 0 unspecified atom stereocenters. The molecule has 0 aliphatic carbocycles. The fraction of sp³-hybridized carbons (Fsp3) is 0.882. The largest absolute Gasteiger partial charge is 0.455 e. The van der Waals surface area contributed by atoms with Crippen LogP contribution < -0.4 is 0 Å². The Bertz CT molecular complexity index is 366. The molecule has 0 radical (unpaired) electrons. The summed E-state index contributed by atoms with van der Waals surface area (Å²) in [4.78, 5) is 1.49. The van der Waals surface area contributed by atoms with Crippen molar-refractivity contribution in [2.75, 3.05) is 6.61 Å². The molecule has 0 bridgehead atoms. The van der Waals surface area contributed by atoms with Gasteiger partial charge in [0.25, 0.3) is 0 Å². The molecule has 0 rings (SSSR count). The van der Waals surface area contributed by atoms with Gasteiger partial charge in [-0.15, -0.1) is 6.58 Å². The van der Waals surface area contributed by atoms with Crippen molar-refractivity contribution >= 4 is 33.7 Å². The highest BCUT2D eigenvalue weighted by atomic mass is 28.4. The average Bonchev–Trinajstić information content (AvgIpc) is 2.39. The normalized spacial score (nSPS) is 13.7. The second-order valence-corrected chi connectivity index (χ2v) is 25.2. The van der Waals surface area contributed by atoms with Gasteiger partial charge in [0.2, 0.25) is 0 Å². The van der Waals surface area contributed by atoms with Gasteiger partial charge >= 0.3 is 0 Å². The van der Waals surface area contributed by atoms with Crippen LogP contribution in [0, 0.1) is 0 Å². The molecule has 0 spiro atoms. The van der Waals surface area contributed by atoms with Crippen LogP contribution in [0.1, 0.15) is 26.2 Å². The number of hydrogen-bond acceptors (Lipinski definition) is 2. The Morgan fingerprint density at radius 1 is 0.957 bits per heavy atom. The molecule has 0 aliphatic heterocycles. The van der Waals surface area contributed by atoms with Crippen LogP contribution in [0.2, 0.25) is 64.5 Å². The van der Waals surface area contributed by atoms with Gasteiger partial charge in [0.1, 0.15) is 0 Å². The standard InChI is InChI=1S/C17H42O2Si4/c1-11-12-16-22(7,8)18-14-13-15-21(5,6)17(2)23(9,10)19-20(3)4/h20H,2,11-16H2,1,3-10H3. The van der Waals surface area contributed by atoms with Gasteiger partial charge in [0.15, 0.2) is 25.7 Å². The first-order chi connectivity index (χ1) is 10.3. The number of unbranched alkanes of at least 4 members (excludes halogenated alkanes) is 1. The van der Waals surface area contributed by atoms with E-state index >= 15 is 0 Å². The van der Waals surface area contributed by atoms with Gasteiger partial charge in [-0.25, -0.2) is 0 Å². The first kappa shape index (κ1) is 23.5. The van der Waals surface area contributed by atoms with Crippen LogP contribution in [-0.2, 0) is 8.54 Å². The van der Waals surface area contributed by atoms with Crippen molar-refractivity contribution in [3.8, 4) is 0 Å². The predicted molar refractivity (Wildman–Crippen MR) is 117 cm³/mol. The quantitative estimate of drug-likeness (QED) is 0.303. The Kier molecular flexibility index (Phi) is 10.1. The third kappa shape index (κ3) is 9.55. The van der Waals surface area contributed by atoms with Crippen LogP contribution in [0.4, 0.5) is 0 Å². The van der Waals surface area contributed by atoms with Crippen molar-refractivity contribution < 1.29 is 8.54 Å². The first-order valence-corrected chi connectivity index (χ1v) is 21.4. The second kappa shape index (κ2) is 9.87. The van der Waals surface area contributed by atoms with Crippen LogP contribution in [-0.4, -0.2) is 40.4 Å². The minimum Gasteiger partial charge on any atom is -0.455 e. The van der Waals surface area contributed by atoms with Crippen molar-refractivity contribution in [1.82, 2.24) is 0 Å². The molecular formula is C17H42O2Si4. The Morgan fingerprint density at radius 2 is 1.52 bits per heavy atom. The van der Waals surface area contributed by atoms with E-state index in [1.165, 1.54) is 36.2 Å². The second-order valence-electron chi connectivity index (χ2n) is 8.85. The summed E-state index contributed by atoms with van der Waals surface area (Å²) in [5.74, 6) is 0. The Labute approximate surface area is 151 Å². The van der Waals surface area contributed by atoms with Crippen molar-refractivity contribution in [2.24, 2.45) is 0 Å². The highest BCUT2D eigenvalue weighted by molar-refractivity contribution is 7.04. The van der Waals surface area contributed by atoms with Crippen LogP contribution in [0.25, 0.3) is 0 Å². The number of rotatable bonds is 12. The van der Waals surface area contributed by atoms with Crippen LogP contribution in [0.5, 0.6) is 0 Å². The van der Waals surface area contributed by atoms with E-state index in [9.17, 15) is 0 Å². The highest BCUT2D eigenvalue weighted by Gasteiger charge is 2.37. The van der Waals surface area contributed by atoms with E-state index in [1.807, 2.05) is 0 Å². The summed E-state index contributed by atoms with van der Waals surface area (Å²) in [5, 5.41) is 0. The SMILES string of the molecule is C=C([Si](C)(C)CCCO[Si](C)(C)CCCC)[Si](C)(C)O[SiH](C)C. The lowest BCUT2D eigenvalue weighted by Gasteiger charge is -2.37. The monoisotopic (exact) mass is 390 g/mol. The highest BCUT2D eigenvalue weighted by Crippen LogP contribution is 2.29. The van der Waals surface area contributed by atoms with Gasteiger partial charge in [-0.05, 0) is 51.7 Å². The third-order valence-electron chi connectivity index (χ3n) is 4.65. The summed E-state index contributed by atoms with van der Waals surface area (Å²) >= 11 is 0. The van der Waals surface area contributed by atoms with Gasteiger partial charge in [0, 0.05) is 6.61 Å². The molecule has 0 aromatic carbocycles. The predicted octanol–water partition coefficient (Wildman–Crippen LogP) is 5.95. The molecule has 0 N–H and O–H groups in total. The molecular weight excluding hydrogens is 349 g/mol. The smallest absolute Gasteiger partial charge is 0.197 e. The van der Waals surface area contributed by atoms with Crippen molar-refractivity contribution in [3.05, 3.63) is 11.4 Å². The van der Waals surface area contributed by atoms with Gasteiger partial charge < -0.3 is 8.54 Å². The van der Waals surface area contributed by atoms with E-state index in [2.05, 4.69) is 65.9 Å². The first-order valence-electron chi connectivity index (χ1n) is 9.36. The molecule has 0 saturated carbocycles. The van der Waals surface area contributed by atoms with E-state index in [4.69, 9.17) is 8.54 Å². The minimum absolute atomic E-state index is 0.939. The molecule has 0 amide bonds. The fourth-order valence-electron chi connectivity index (χ4n) is 3.16. The van der Waals surface area contributed by atoms with Gasteiger partial charge in [0.05, 0.1) is 8.07 Å². The summed E-state index contributed by atoms with van der Waals surface area (Å²) in [6.45, 7) is 26.6. The zero-order valence-corrected chi connectivity index (χ0v) is 21.5. The number of hydrogen-bond donors (Lipinski definition) is 0. The molecule has 138 valence electrons. The molecule has 23 heavy (non-hydrogen) atoms. The van der Waals surface area contributed by atoms with Crippen LogP contribution >= 0.6 is 0 Å². The van der Waals surface area contributed by atoms with Crippen molar-refractivity contribution in [3.63, 3.8) is 0 Å². The molecule has 0 fully saturated rings. The fourth-order valence-corrected chi connectivity index (χ4v) is 19.2. The van der Waals surface area contributed by atoms with E-state index < -0.39 is 33.7 Å². The maximum atomic E-state index is 6.38. The Hall–Kier alpha value is 0.528. The summed E-state index contributed by atoms with van der Waals surface area (Å²) < 4.78 is 12.7. The zero-order valence-electron chi connectivity index (χ0n) is 17.3. The Morgan fingerprint density at radius 3 is 2.00 bits per heavy atom. The zero-order chi connectivity index (χ0) is 18.3. The molecule has 2 nitrogen and oxygen atoms in total. The van der Waals surface area contributed by atoms with Crippen LogP contribution in [0.3, 0.4) is 0 Å². The van der Waals surface area contributed by atoms with E-state index in [1.54, 1.807) is 0 Å². The minimum atomic E-state index is -1.72. The maximum Gasteiger partial charge on any atom is 0.197 e. The molecule has 0 aliphatic rings. The molecule has 0 atom stereocenters. The van der Waals surface area contributed by atoms with E-state index in [0.717, 1.165) is 6.61 Å². The average molecular weight is 391 g/mol. The summed E-state index contributed by atoms with van der Waals surface area (Å²) in [5.41, 5.74) is 0. The summed E-state index contributed by atoms with van der Waals surface area (Å²) in [6.07, 6.45) is 3.77. The maximum absolute atomic E-state index is 6.38. The van der Waals surface area contributed by atoms with Crippen molar-refractivity contribution in [1.29, 1.82) is 0 Å². The van der Waals surface area contributed by atoms with Crippen LogP contribution in [0.15, 0.2) is 11.4 Å².